The van der Waals surface area contributed by atoms with Crippen LogP contribution in [0.2, 0.25) is 0 Å². The molecule has 1 aliphatic rings. The summed E-state index contributed by atoms with van der Waals surface area (Å²) >= 11 is 2.94. The van der Waals surface area contributed by atoms with E-state index < -0.39 is 11.3 Å². The predicted octanol–water partition coefficient (Wildman–Crippen LogP) is 4.61. The zero-order valence-electron chi connectivity index (χ0n) is 16.1. The van der Waals surface area contributed by atoms with Gasteiger partial charge in [0.1, 0.15) is 16.2 Å². The lowest BCUT2D eigenvalue weighted by Crippen LogP contribution is -2.45. The van der Waals surface area contributed by atoms with Crippen molar-refractivity contribution >= 4 is 45.3 Å². The molecule has 2 aromatic heterocycles. The molecule has 1 aromatic carbocycles. The zero-order valence-corrected chi connectivity index (χ0v) is 17.7. The van der Waals surface area contributed by atoms with Crippen LogP contribution in [-0.2, 0) is 4.79 Å². The maximum atomic E-state index is 12.5. The van der Waals surface area contributed by atoms with E-state index in [2.05, 4.69) is 38.8 Å². The number of fused-ring (bicyclic) bond motifs is 1. The van der Waals surface area contributed by atoms with Crippen LogP contribution in [0.4, 0.5) is 4.79 Å². The molecule has 2 heterocycles. The standard InChI is InChI=1S/C21H22N4O2S2/c1-13(18(26)25-21(27)24-15-9-5-6-10-15)28-19-16-11-17(14-7-3-2-4-8-14)29-20(16)23-12-22-19/h2-4,7-8,11-13,15H,5-6,9-10H2,1H3,(H2,24,25,26,27)/t13-/m1/s1. The van der Waals surface area contributed by atoms with Gasteiger partial charge >= 0.3 is 6.03 Å². The number of hydrogen-bond acceptors (Lipinski definition) is 6. The van der Waals surface area contributed by atoms with Crippen molar-refractivity contribution in [1.29, 1.82) is 0 Å². The third-order valence-electron chi connectivity index (χ3n) is 4.94. The molecule has 0 bridgehead atoms. The largest absolute Gasteiger partial charge is 0.335 e. The smallest absolute Gasteiger partial charge is 0.321 e. The van der Waals surface area contributed by atoms with Gasteiger partial charge in [-0.1, -0.05) is 54.9 Å². The number of carbonyl (C=O) groups is 2. The van der Waals surface area contributed by atoms with E-state index in [1.165, 1.54) is 18.1 Å². The van der Waals surface area contributed by atoms with E-state index in [1.807, 2.05) is 18.2 Å². The van der Waals surface area contributed by atoms with E-state index in [9.17, 15) is 9.59 Å². The van der Waals surface area contributed by atoms with Crippen molar-refractivity contribution < 1.29 is 9.59 Å². The average Bonchev–Trinajstić information content (AvgIpc) is 3.38. The fourth-order valence-electron chi connectivity index (χ4n) is 3.40. The van der Waals surface area contributed by atoms with E-state index in [0.717, 1.165) is 51.4 Å². The molecule has 8 heteroatoms. The second-order valence-corrected chi connectivity index (χ2v) is 9.44. The molecule has 1 saturated carbocycles. The number of nitrogens with one attached hydrogen (secondary N) is 2. The zero-order chi connectivity index (χ0) is 20.2. The van der Waals surface area contributed by atoms with Crippen LogP contribution in [0.5, 0.6) is 0 Å². The van der Waals surface area contributed by atoms with Gasteiger partial charge in [0.15, 0.2) is 0 Å². The topological polar surface area (TPSA) is 84.0 Å². The number of benzene rings is 1. The molecule has 1 fully saturated rings. The first-order chi connectivity index (χ1) is 14.1. The molecular weight excluding hydrogens is 404 g/mol. The van der Waals surface area contributed by atoms with Crippen molar-refractivity contribution in [3.8, 4) is 10.4 Å². The molecule has 0 radical (unpaired) electrons. The van der Waals surface area contributed by atoms with E-state index in [1.54, 1.807) is 18.3 Å². The second kappa shape index (κ2) is 8.92. The van der Waals surface area contributed by atoms with Gasteiger partial charge in [0.25, 0.3) is 0 Å². The van der Waals surface area contributed by atoms with Gasteiger partial charge in [-0.2, -0.15) is 0 Å². The summed E-state index contributed by atoms with van der Waals surface area (Å²) < 4.78 is 0. The number of thiophene rings is 1. The highest BCUT2D eigenvalue weighted by atomic mass is 32.2. The molecule has 4 rings (SSSR count). The van der Waals surface area contributed by atoms with E-state index in [-0.39, 0.29) is 11.9 Å². The number of rotatable bonds is 5. The van der Waals surface area contributed by atoms with Crippen LogP contribution in [0.15, 0.2) is 47.8 Å². The van der Waals surface area contributed by atoms with Crippen molar-refractivity contribution in [2.24, 2.45) is 0 Å². The third kappa shape index (κ3) is 4.76. The molecule has 0 unspecified atom stereocenters. The maximum Gasteiger partial charge on any atom is 0.321 e. The summed E-state index contributed by atoms with van der Waals surface area (Å²) in [5, 5.41) is 6.54. The first-order valence-electron chi connectivity index (χ1n) is 9.68. The molecule has 0 saturated heterocycles. The van der Waals surface area contributed by atoms with Crippen LogP contribution in [0.1, 0.15) is 32.6 Å². The van der Waals surface area contributed by atoms with Gasteiger partial charge in [0, 0.05) is 16.3 Å². The fourth-order valence-corrected chi connectivity index (χ4v) is 5.36. The summed E-state index contributed by atoms with van der Waals surface area (Å²) in [5.74, 6) is -0.323. The highest BCUT2D eigenvalue weighted by molar-refractivity contribution is 8.00. The molecule has 3 amide bonds. The van der Waals surface area contributed by atoms with E-state index >= 15 is 0 Å². The van der Waals surface area contributed by atoms with Gasteiger partial charge in [-0.05, 0) is 31.4 Å². The van der Waals surface area contributed by atoms with E-state index in [4.69, 9.17) is 0 Å². The summed E-state index contributed by atoms with van der Waals surface area (Å²) in [5.41, 5.74) is 1.13. The SMILES string of the molecule is C[C@@H](Sc1ncnc2sc(-c3ccccc3)cc12)C(=O)NC(=O)NC1CCCC1. The highest BCUT2D eigenvalue weighted by Gasteiger charge is 2.22. The van der Waals surface area contributed by atoms with Crippen molar-refractivity contribution in [2.75, 3.05) is 0 Å². The van der Waals surface area contributed by atoms with E-state index in [0.29, 0.717) is 0 Å². The Morgan fingerprint density at radius 1 is 1.17 bits per heavy atom. The molecule has 0 spiro atoms. The lowest BCUT2D eigenvalue weighted by molar-refractivity contribution is -0.119. The van der Waals surface area contributed by atoms with Crippen molar-refractivity contribution in [2.45, 2.75) is 48.9 Å². The lowest BCUT2D eigenvalue weighted by Gasteiger charge is -2.14. The number of urea groups is 1. The van der Waals surface area contributed by atoms with Crippen molar-refractivity contribution in [3.63, 3.8) is 0 Å². The van der Waals surface area contributed by atoms with Gasteiger partial charge in [0.2, 0.25) is 5.91 Å². The summed E-state index contributed by atoms with van der Waals surface area (Å²) in [6.45, 7) is 1.78. The fraction of sp³-hybridized carbons (Fsp3) is 0.333. The quantitative estimate of drug-likeness (QED) is 0.460. The second-order valence-electron chi connectivity index (χ2n) is 7.08. The Balaban J connectivity index is 1.44. The summed E-state index contributed by atoms with van der Waals surface area (Å²) in [6, 6.07) is 11.9. The Morgan fingerprint density at radius 3 is 2.69 bits per heavy atom. The number of imide groups is 1. The van der Waals surface area contributed by atoms with Crippen LogP contribution in [0, 0.1) is 0 Å². The van der Waals surface area contributed by atoms with Gasteiger partial charge in [-0.3, -0.25) is 10.1 Å². The molecule has 29 heavy (non-hydrogen) atoms. The number of carbonyl (C=O) groups excluding carboxylic acids is 2. The van der Waals surface area contributed by atoms with Crippen molar-refractivity contribution in [3.05, 3.63) is 42.7 Å². The maximum absolute atomic E-state index is 12.5. The molecule has 1 aliphatic carbocycles. The van der Waals surface area contributed by atoms with Crippen LogP contribution in [-0.4, -0.2) is 33.2 Å². The van der Waals surface area contributed by atoms with Gasteiger partial charge < -0.3 is 5.32 Å². The molecular formula is C21H22N4O2S2. The van der Waals surface area contributed by atoms with Crippen molar-refractivity contribution in [1.82, 2.24) is 20.6 Å². The predicted molar refractivity (Wildman–Crippen MR) is 117 cm³/mol. The molecule has 0 aliphatic heterocycles. The highest BCUT2D eigenvalue weighted by Crippen LogP contribution is 2.37. The Morgan fingerprint density at radius 2 is 1.93 bits per heavy atom. The minimum absolute atomic E-state index is 0.175. The molecule has 1 atom stereocenters. The first kappa shape index (κ1) is 19.8. The summed E-state index contributed by atoms with van der Waals surface area (Å²) in [7, 11) is 0. The lowest BCUT2D eigenvalue weighted by atomic mass is 10.2. The summed E-state index contributed by atoms with van der Waals surface area (Å²) in [4.78, 5) is 35.3. The van der Waals surface area contributed by atoms with Gasteiger partial charge in [0.05, 0.1) is 5.25 Å². The first-order valence-corrected chi connectivity index (χ1v) is 11.4. The monoisotopic (exact) mass is 426 g/mol. The number of nitrogens with zero attached hydrogens (tertiary/aromatic N) is 2. The van der Waals surface area contributed by atoms with Gasteiger partial charge in [-0.15, -0.1) is 11.3 Å². The Bertz CT molecular complexity index is 1020. The third-order valence-corrected chi connectivity index (χ3v) is 7.14. The Labute approximate surface area is 177 Å². The molecule has 6 nitrogen and oxygen atoms in total. The van der Waals surface area contributed by atoms with Crippen LogP contribution in [0.25, 0.3) is 20.7 Å². The summed E-state index contributed by atoms with van der Waals surface area (Å²) in [6.07, 6.45) is 5.73. The van der Waals surface area contributed by atoms with Crippen LogP contribution in [0.3, 0.4) is 0 Å². The van der Waals surface area contributed by atoms with Gasteiger partial charge in [-0.25, -0.2) is 14.8 Å². The Hall–Kier alpha value is -2.45. The van der Waals surface area contributed by atoms with Crippen LogP contribution < -0.4 is 10.6 Å². The Kier molecular flexibility index (Phi) is 6.10. The number of hydrogen-bond donors (Lipinski definition) is 2. The molecule has 150 valence electrons. The number of amides is 3. The normalized spacial score (nSPS) is 15.3. The minimum Gasteiger partial charge on any atom is -0.335 e. The number of aromatic nitrogens is 2. The average molecular weight is 427 g/mol. The minimum atomic E-state index is -0.456. The number of thioether (sulfide) groups is 1. The molecule has 2 N–H and O–H groups in total. The molecule has 3 aromatic rings. The van der Waals surface area contributed by atoms with Crippen LogP contribution >= 0.6 is 23.1 Å².